The molecule has 0 bridgehead atoms. The van der Waals surface area contributed by atoms with Crippen molar-refractivity contribution in [3.63, 3.8) is 0 Å². The number of H-pyrrole nitrogens is 1. The van der Waals surface area contributed by atoms with Crippen LogP contribution in [0, 0.1) is 0 Å². The van der Waals surface area contributed by atoms with Gasteiger partial charge in [-0.15, -0.1) is 0 Å². The second-order valence-corrected chi connectivity index (χ2v) is 6.19. The summed E-state index contributed by atoms with van der Waals surface area (Å²) in [5, 5.41) is 0.833. The van der Waals surface area contributed by atoms with E-state index in [1.54, 1.807) is 18.3 Å². The fourth-order valence-corrected chi connectivity index (χ4v) is 3.27. The molecule has 0 saturated carbocycles. The van der Waals surface area contributed by atoms with Gasteiger partial charge in [-0.2, -0.15) is 0 Å². The molecule has 1 aromatic heterocycles. The Balaban J connectivity index is 1.83. The molecule has 3 heteroatoms. The first-order valence-electron chi connectivity index (χ1n) is 8.50. The van der Waals surface area contributed by atoms with Crippen LogP contribution in [0.15, 0.2) is 91.1 Å². The Morgan fingerprint density at radius 3 is 2.04 bits per heavy atom. The van der Waals surface area contributed by atoms with Crippen molar-refractivity contribution in [2.24, 2.45) is 0 Å². The van der Waals surface area contributed by atoms with Gasteiger partial charge in [0.05, 0.1) is 0 Å². The average Bonchev–Trinajstić information content (AvgIpc) is 3.14. The van der Waals surface area contributed by atoms with Crippen LogP contribution in [0.3, 0.4) is 0 Å². The lowest BCUT2D eigenvalue weighted by molar-refractivity contribution is 0.0861. The summed E-state index contributed by atoms with van der Waals surface area (Å²) in [5.41, 5.74) is 2.67. The van der Waals surface area contributed by atoms with Gasteiger partial charge >= 0.3 is 0 Å². The molecular weight excluding hydrogens is 322 g/mol. The SMILES string of the molecule is O=C(c1ccccc1)C(C(=O)c1c[nH]c2ccccc12)c1ccccc1. The molecule has 1 N–H and O–H groups in total. The molecule has 0 amide bonds. The Labute approximate surface area is 151 Å². The largest absolute Gasteiger partial charge is 0.360 e. The lowest BCUT2D eigenvalue weighted by atomic mass is 9.84. The van der Waals surface area contributed by atoms with Crippen LogP contribution >= 0.6 is 0 Å². The number of nitrogens with one attached hydrogen (secondary N) is 1. The molecule has 0 aliphatic carbocycles. The second kappa shape index (κ2) is 6.81. The number of hydrogen-bond donors (Lipinski definition) is 1. The topological polar surface area (TPSA) is 49.9 Å². The third kappa shape index (κ3) is 2.84. The van der Waals surface area contributed by atoms with Crippen molar-refractivity contribution in [2.75, 3.05) is 0 Å². The van der Waals surface area contributed by atoms with Gasteiger partial charge in [-0.1, -0.05) is 78.9 Å². The highest BCUT2D eigenvalue weighted by atomic mass is 16.2. The van der Waals surface area contributed by atoms with Crippen molar-refractivity contribution in [3.8, 4) is 0 Å². The van der Waals surface area contributed by atoms with Crippen LogP contribution in [-0.2, 0) is 0 Å². The number of aromatic amines is 1. The molecule has 4 aromatic rings. The first kappa shape index (κ1) is 16.0. The highest BCUT2D eigenvalue weighted by molar-refractivity contribution is 6.23. The summed E-state index contributed by atoms with van der Waals surface area (Å²) >= 11 is 0. The third-order valence-electron chi connectivity index (χ3n) is 4.57. The molecule has 0 aliphatic rings. The normalized spacial score (nSPS) is 12.0. The Morgan fingerprint density at radius 1 is 0.692 bits per heavy atom. The Hall–Kier alpha value is -3.46. The summed E-state index contributed by atoms with van der Waals surface area (Å²) in [5.74, 6) is -1.24. The maximum absolute atomic E-state index is 13.4. The quantitative estimate of drug-likeness (QED) is 0.410. The molecule has 0 aliphatic heterocycles. The summed E-state index contributed by atoms with van der Waals surface area (Å²) < 4.78 is 0. The lowest BCUT2D eigenvalue weighted by Gasteiger charge is -2.15. The number of Topliss-reactive ketones (excluding diaryl/α,β-unsaturated/α-hetero) is 2. The Bertz CT molecular complexity index is 1070. The lowest BCUT2D eigenvalue weighted by Crippen LogP contribution is -2.22. The number of benzene rings is 3. The molecule has 26 heavy (non-hydrogen) atoms. The van der Waals surface area contributed by atoms with Gasteiger partial charge in [0, 0.05) is 28.2 Å². The first-order valence-corrected chi connectivity index (χ1v) is 8.50. The van der Waals surface area contributed by atoms with Crippen molar-refractivity contribution >= 4 is 22.5 Å². The highest BCUT2D eigenvalue weighted by Crippen LogP contribution is 2.29. The van der Waals surface area contributed by atoms with Crippen molar-refractivity contribution in [1.82, 2.24) is 4.98 Å². The fourth-order valence-electron chi connectivity index (χ4n) is 3.27. The summed E-state index contributed by atoms with van der Waals surface area (Å²) in [7, 11) is 0. The molecule has 0 saturated heterocycles. The van der Waals surface area contributed by atoms with Crippen LogP contribution < -0.4 is 0 Å². The number of aromatic nitrogens is 1. The molecule has 1 heterocycles. The predicted octanol–water partition coefficient (Wildman–Crippen LogP) is 5.02. The van der Waals surface area contributed by atoms with E-state index in [4.69, 9.17) is 0 Å². The fraction of sp³-hybridized carbons (Fsp3) is 0.0435. The minimum atomic E-state index is -0.863. The van der Waals surface area contributed by atoms with Crippen LogP contribution in [0.5, 0.6) is 0 Å². The average molecular weight is 339 g/mol. The van der Waals surface area contributed by atoms with Crippen molar-refractivity contribution in [1.29, 1.82) is 0 Å². The number of hydrogen-bond acceptors (Lipinski definition) is 2. The minimum Gasteiger partial charge on any atom is -0.360 e. The van der Waals surface area contributed by atoms with Crippen molar-refractivity contribution in [3.05, 3.63) is 108 Å². The van der Waals surface area contributed by atoms with Crippen LogP contribution in [0.25, 0.3) is 10.9 Å². The van der Waals surface area contributed by atoms with Gasteiger partial charge < -0.3 is 4.98 Å². The number of rotatable bonds is 5. The van der Waals surface area contributed by atoms with Crippen molar-refractivity contribution in [2.45, 2.75) is 5.92 Å². The van der Waals surface area contributed by atoms with E-state index in [0.717, 1.165) is 10.9 Å². The van der Waals surface area contributed by atoms with Gasteiger partial charge in [-0.3, -0.25) is 9.59 Å². The van der Waals surface area contributed by atoms with Crippen LogP contribution in [0.2, 0.25) is 0 Å². The third-order valence-corrected chi connectivity index (χ3v) is 4.57. The molecule has 0 fully saturated rings. The molecular formula is C23H17NO2. The highest BCUT2D eigenvalue weighted by Gasteiger charge is 2.31. The number of carbonyl (C=O) groups excluding carboxylic acids is 2. The zero-order valence-electron chi connectivity index (χ0n) is 14.1. The van der Waals surface area contributed by atoms with E-state index in [2.05, 4.69) is 4.98 Å². The Kier molecular flexibility index (Phi) is 4.20. The van der Waals surface area contributed by atoms with Gasteiger partial charge in [-0.05, 0) is 11.6 Å². The van der Waals surface area contributed by atoms with Gasteiger partial charge in [0.15, 0.2) is 11.6 Å². The maximum Gasteiger partial charge on any atom is 0.180 e. The van der Waals surface area contributed by atoms with E-state index in [1.807, 2.05) is 72.8 Å². The van der Waals surface area contributed by atoms with E-state index in [0.29, 0.717) is 16.7 Å². The van der Waals surface area contributed by atoms with E-state index in [-0.39, 0.29) is 11.6 Å². The van der Waals surface area contributed by atoms with Crippen LogP contribution in [0.1, 0.15) is 32.2 Å². The molecule has 0 radical (unpaired) electrons. The molecule has 1 atom stereocenters. The standard InChI is InChI=1S/C23H17NO2/c25-22(17-11-5-2-6-12-17)21(16-9-3-1-4-10-16)23(26)19-15-24-20-14-8-7-13-18(19)20/h1-15,21,24H. The van der Waals surface area contributed by atoms with Crippen LogP contribution in [0.4, 0.5) is 0 Å². The van der Waals surface area contributed by atoms with Crippen LogP contribution in [-0.4, -0.2) is 16.6 Å². The van der Waals surface area contributed by atoms with E-state index in [1.165, 1.54) is 0 Å². The number of ketones is 2. The second-order valence-electron chi connectivity index (χ2n) is 6.19. The molecule has 4 rings (SSSR count). The monoisotopic (exact) mass is 339 g/mol. The predicted molar refractivity (Wildman–Crippen MR) is 103 cm³/mol. The van der Waals surface area contributed by atoms with Gasteiger partial charge in [0.1, 0.15) is 5.92 Å². The zero-order valence-corrected chi connectivity index (χ0v) is 14.1. The van der Waals surface area contributed by atoms with E-state index in [9.17, 15) is 9.59 Å². The molecule has 0 spiro atoms. The Morgan fingerprint density at radius 2 is 1.31 bits per heavy atom. The zero-order chi connectivity index (χ0) is 17.9. The van der Waals surface area contributed by atoms with Gasteiger partial charge in [0.25, 0.3) is 0 Å². The molecule has 3 aromatic carbocycles. The summed E-state index contributed by atoms with van der Waals surface area (Å²) in [6, 6.07) is 25.8. The van der Waals surface area contributed by atoms with E-state index >= 15 is 0 Å². The number of fused-ring (bicyclic) bond motifs is 1. The summed E-state index contributed by atoms with van der Waals surface area (Å²) in [4.78, 5) is 29.7. The maximum atomic E-state index is 13.4. The number of carbonyl (C=O) groups is 2. The first-order chi connectivity index (χ1) is 12.8. The van der Waals surface area contributed by atoms with Crippen molar-refractivity contribution < 1.29 is 9.59 Å². The summed E-state index contributed by atoms with van der Waals surface area (Å²) in [6.07, 6.45) is 1.70. The molecule has 3 nitrogen and oxygen atoms in total. The van der Waals surface area contributed by atoms with Gasteiger partial charge in [-0.25, -0.2) is 0 Å². The molecule has 126 valence electrons. The molecule has 1 unspecified atom stereocenters. The minimum absolute atomic E-state index is 0.188. The summed E-state index contributed by atoms with van der Waals surface area (Å²) in [6.45, 7) is 0. The van der Waals surface area contributed by atoms with Gasteiger partial charge in [0.2, 0.25) is 0 Å². The smallest absolute Gasteiger partial charge is 0.180 e. The van der Waals surface area contributed by atoms with E-state index < -0.39 is 5.92 Å². The number of para-hydroxylation sites is 1.